The van der Waals surface area contributed by atoms with Gasteiger partial charge in [-0.3, -0.25) is 19.1 Å². The highest BCUT2D eigenvalue weighted by Gasteiger charge is 2.24. The highest BCUT2D eigenvalue weighted by molar-refractivity contribution is 6.10. The summed E-state index contributed by atoms with van der Waals surface area (Å²) < 4.78 is 31.0. The molecule has 0 fully saturated rings. The van der Waals surface area contributed by atoms with Gasteiger partial charge in [-0.15, -0.1) is 0 Å². The predicted octanol–water partition coefficient (Wildman–Crippen LogP) is 4.84. The number of benzene rings is 2. The van der Waals surface area contributed by atoms with Crippen LogP contribution >= 0.6 is 0 Å². The van der Waals surface area contributed by atoms with Gasteiger partial charge in [-0.05, 0) is 43.3 Å². The van der Waals surface area contributed by atoms with E-state index in [9.17, 15) is 13.6 Å². The molecule has 3 aromatic heterocycles. The molecule has 0 aliphatic rings. The third-order valence-corrected chi connectivity index (χ3v) is 5.78. The number of H-pyrrole nitrogens is 1. The van der Waals surface area contributed by atoms with Crippen LogP contribution in [0.5, 0.6) is 0 Å². The number of fused-ring (bicyclic) bond motifs is 3. The molecule has 33 heavy (non-hydrogen) atoms. The molecule has 0 radical (unpaired) electrons. The third-order valence-electron chi connectivity index (χ3n) is 5.78. The minimum absolute atomic E-state index is 0.0506. The Kier molecular flexibility index (Phi) is 4.77. The zero-order chi connectivity index (χ0) is 23.3. The summed E-state index contributed by atoms with van der Waals surface area (Å²) in [5.74, 6) is -3.12. The molecule has 0 saturated carbocycles. The average molecular weight is 448 g/mol. The van der Waals surface area contributed by atoms with E-state index >= 15 is 0 Å². The van der Waals surface area contributed by atoms with Gasteiger partial charge in [0.15, 0.2) is 5.65 Å². The Balaban J connectivity index is 1.58. The first kappa shape index (κ1) is 20.9. The summed E-state index contributed by atoms with van der Waals surface area (Å²) >= 11 is 0. The number of aromatic nitrogens is 5. The van der Waals surface area contributed by atoms with Crippen molar-refractivity contribution in [1.29, 1.82) is 0 Å². The molecule has 0 aliphatic carbocycles. The Morgan fingerprint density at radius 3 is 2.55 bits per heavy atom. The highest BCUT2D eigenvalue weighted by atomic mass is 19.3. The summed E-state index contributed by atoms with van der Waals surface area (Å²) in [6.07, 6.45) is 3.53. The van der Waals surface area contributed by atoms with Crippen LogP contribution < -0.4 is 5.32 Å². The molecule has 3 heterocycles. The smallest absolute Gasteiger partial charge is 0.270 e. The molecule has 2 N–H and O–H groups in total. The van der Waals surface area contributed by atoms with Crippen LogP contribution in [0.15, 0.2) is 60.9 Å². The monoisotopic (exact) mass is 448 g/mol. The standard InChI is InChI=1S/C24H22F2N6O/c1-14(20-10-11-27-29-20)28-23(33)15-4-9-21-18(12-15)19-13-31(3)30-22(19)32(21)17-7-5-16(6-8-17)24(2,25)26/h4-14H,1-3H3,(H,27,29)(H,28,33). The molecule has 1 amide bonds. The largest absolute Gasteiger partial charge is 0.344 e. The summed E-state index contributed by atoms with van der Waals surface area (Å²) in [5, 5.41) is 16.0. The molecule has 0 aliphatic heterocycles. The third kappa shape index (κ3) is 3.65. The van der Waals surface area contributed by atoms with Gasteiger partial charge >= 0.3 is 0 Å². The number of halogens is 2. The van der Waals surface area contributed by atoms with Gasteiger partial charge in [0.05, 0.1) is 17.3 Å². The van der Waals surface area contributed by atoms with Crippen LogP contribution in [-0.4, -0.2) is 30.5 Å². The fourth-order valence-electron chi connectivity index (χ4n) is 4.06. The number of nitrogens with one attached hydrogen (secondary N) is 2. The lowest BCUT2D eigenvalue weighted by molar-refractivity contribution is 0.0175. The van der Waals surface area contributed by atoms with Gasteiger partial charge in [-0.25, -0.2) is 8.78 Å². The number of aryl methyl sites for hydroxylation is 1. The molecule has 2 aromatic carbocycles. The van der Waals surface area contributed by atoms with E-state index in [-0.39, 0.29) is 17.5 Å². The van der Waals surface area contributed by atoms with E-state index in [0.717, 1.165) is 28.9 Å². The summed E-state index contributed by atoms with van der Waals surface area (Å²) in [6.45, 7) is 2.76. The first-order valence-electron chi connectivity index (χ1n) is 10.5. The first-order valence-corrected chi connectivity index (χ1v) is 10.5. The fourth-order valence-corrected chi connectivity index (χ4v) is 4.06. The second kappa shape index (κ2) is 7.54. The number of alkyl halides is 2. The maximum Gasteiger partial charge on any atom is 0.270 e. The van der Waals surface area contributed by atoms with Crippen molar-refractivity contribution >= 4 is 27.8 Å². The second-order valence-corrected chi connectivity index (χ2v) is 8.25. The zero-order valence-electron chi connectivity index (χ0n) is 18.3. The summed E-state index contributed by atoms with van der Waals surface area (Å²) in [4.78, 5) is 12.9. The van der Waals surface area contributed by atoms with E-state index in [1.165, 1.54) is 12.1 Å². The van der Waals surface area contributed by atoms with E-state index in [0.29, 0.717) is 16.9 Å². The molecule has 5 aromatic rings. The summed E-state index contributed by atoms with van der Waals surface area (Å²) in [5.41, 5.74) is 3.51. The van der Waals surface area contributed by atoms with Crippen LogP contribution in [0, 0.1) is 0 Å². The van der Waals surface area contributed by atoms with E-state index in [1.807, 2.05) is 42.9 Å². The van der Waals surface area contributed by atoms with Crippen molar-refractivity contribution in [2.24, 2.45) is 7.05 Å². The first-order chi connectivity index (χ1) is 15.7. The number of aromatic amines is 1. The molecular formula is C24H22F2N6O. The Morgan fingerprint density at radius 2 is 1.88 bits per heavy atom. The van der Waals surface area contributed by atoms with E-state index in [4.69, 9.17) is 0 Å². The minimum Gasteiger partial charge on any atom is -0.344 e. The molecule has 7 nitrogen and oxygen atoms in total. The van der Waals surface area contributed by atoms with E-state index in [1.54, 1.807) is 29.1 Å². The van der Waals surface area contributed by atoms with Gasteiger partial charge in [0.25, 0.3) is 11.8 Å². The number of hydrogen-bond acceptors (Lipinski definition) is 3. The number of nitrogens with zero attached hydrogens (tertiary/aromatic N) is 4. The number of amides is 1. The lowest BCUT2D eigenvalue weighted by Crippen LogP contribution is -2.26. The van der Waals surface area contributed by atoms with Crippen LogP contribution in [0.3, 0.4) is 0 Å². The van der Waals surface area contributed by atoms with Gasteiger partial charge < -0.3 is 5.32 Å². The number of carbonyl (C=O) groups is 1. The number of carbonyl (C=O) groups excluding carboxylic acids is 1. The van der Waals surface area contributed by atoms with Crippen molar-refractivity contribution in [1.82, 2.24) is 29.9 Å². The van der Waals surface area contributed by atoms with E-state index in [2.05, 4.69) is 20.6 Å². The average Bonchev–Trinajstić information content (AvgIpc) is 3.49. The van der Waals surface area contributed by atoms with Crippen LogP contribution in [0.25, 0.3) is 27.6 Å². The second-order valence-electron chi connectivity index (χ2n) is 8.25. The van der Waals surface area contributed by atoms with Gasteiger partial charge in [-0.2, -0.15) is 10.2 Å². The molecule has 9 heteroatoms. The lowest BCUT2D eigenvalue weighted by atomic mass is 10.1. The van der Waals surface area contributed by atoms with Crippen molar-refractivity contribution in [2.75, 3.05) is 0 Å². The van der Waals surface area contributed by atoms with Crippen molar-refractivity contribution < 1.29 is 13.6 Å². The van der Waals surface area contributed by atoms with Crippen molar-refractivity contribution in [3.05, 3.63) is 77.7 Å². The molecule has 0 saturated heterocycles. The predicted molar refractivity (Wildman–Crippen MR) is 122 cm³/mol. The minimum atomic E-state index is -2.91. The van der Waals surface area contributed by atoms with Crippen LogP contribution in [-0.2, 0) is 13.0 Å². The Bertz CT molecular complexity index is 1460. The number of rotatable bonds is 5. The van der Waals surface area contributed by atoms with Gasteiger partial charge in [0, 0.05) is 54.0 Å². The Hall–Kier alpha value is -4.01. The van der Waals surface area contributed by atoms with E-state index < -0.39 is 5.92 Å². The maximum atomic E-state index is 13.7. The van der Waals surface area contributed by atoms with Crippen LogP contribution in [0.1, 0.15) is 41.5 Å². The molecule has 0 spiro atoms. The van der Waals surface area contributed by atoms with Gasteiger partial charge in [-0.1, -0.05) is 12.1 Å². The summed E-state index contributed by atoms with van der Waals surface area (Å²) in [6, 6.07) is 13.2. The molecular weight excluding hydrogens is 426 g/mol. The van der Waals surface area contributed by atoms with Crippen molar-refractivity contribution in [3.63, 3.8) is 0 Å². The topological polar surface area (TPSA) is 80.5 Å². The highest BCUT2D eigenvalue weighted by Crippen LogP contribution is 2.33. The SMILES string of the molecule is CC(NC(=O)c1ccc2c(c1)c1cn(C)nc1n2-c1ccc(C(C)(F)F)cc1)c1ccn[nH]1. The number of hydrogen-bond donors (Lipinski definition) is 2. The fraction of sp³-hybridized carbons (Fsp3) is 0.208. The zero-order valence-corrected chi connectivity index (χ0v) is 18.3. The summed E-state index contributed by atoms with van der Waals surface area (Å²) in [7, 11) is 1.82. The van der Waals surface area contributed by atoms with Crippen LogP contribution in [0.2, 0.25) is 0 Å². The maximum absolute atomic E-state index is 13.7. The lowest BCUT2D eigenvalue weighted by Gasteiger charge is -2.13. The molecule has 5 rings (SSSR count). The molecule has 1 unspecified atom stereocenters. The van der Waals surface area contributed by atoms with Crippen molar-refractivity contribution in [3.8, 4) is 5.69 Å². The van der Waals surface area contributed by atoms with Gasteiger partial charge in [0.1, 0.15) is 0 Å². The van der Waals surface area contributed by atoms with Gasteiger partial charge in [0.2, 0.25) is 0 Å². The quantitative estimate of drug-likeness (QED) is 0.404. The molecule has 0 bridgehead atoms. The Labute approximate surface area is 188 Å². The normalized spacial score (nSPS) is 13.0. The van der Waals surface area contributed by atoms with Crippen molar-refractivity contribution in [2.45, 2.75) is 25.8 Å². The molecule has 168 valence electrons. The Morgan fingerprint density at radius 1 is 1.12 bits per heavy atom. The molecule has 1 atom stereocenters. The van der Waals surface area contributed by atoms with Crippen LogP contribution in [0.4, 0.5) is 8.78 Å².